The highest BCUT2D eigenvalue weighted by atomic mass is 15.6. The lowest BCUT2D eigenvalue weighted by atomic mass is 9.93. The summed E-state index contributed by atoms with van der Waals surface area (Å²) in [4.78, 5) is 2.57. The maximum Gasteiger partial charge on any atom is 0.174 e. The van der Waals surface area contributed by atoms with Crippen LogP contribution in [0, 0.1) is 0 Å². The van der Waals surface area contributed by atoms with Gasteiger partial charge in [-0.1, -0.05) is 67.8 Å². The van der Waals surface area contributed by atoms with Crippen LogP contribution in [0.25, 0.3) is 10.9 Å². The molecule has 0 saturated heterocycles. The van der Waals surface area contributed by atoms with Crippen molar-refractivity contribution in [3.63, 3.8) is 0 Å². The Bertz CT molecular complexity index is 1220. The smallest absolute Gasteiger partial charge is 0.174 e. The second-order valence-corrected chi connectivity index (χ2v) is 9.32. The maximum absolute atomic E-state index is 4.66. The van der Waals surface area contributed by atoms with Crippen LogP contribution >= 0.6 is 0 Å². The summed E-state index contributed by atoms with van der Waals surface area (Å²) < 4.78 is 4.54. The summed E-state index contributed by atoms with van der Waals surface area (Å²) in [5.74, 6) is 1.000. The third kappa shape index (κ3) is 3.25. The van der Waals surface area contributed by atoms with Crippen molar-refractivity contribution in [2.24, 2.45) is 7.05 Å². The number of benzene rings is 2. The fourth-order valence-corrected chi connectivity index (χ4v) is 5.90. The first-order valence-electron chi connectivity index (χ1n) is 11.9. The lowest BCUT2D eigenvalue weighted by Gasteiger charge is -2.37. The largest absolute Gasteiger partial charge is 0.346 e. The third-order valence-corrected chi connectivity index (χ3v) is 7.45. The van der Waals surface area contributed by atoms with Crippen LogP contribution < -0.4 is 0 Å². The zero-order valence-electron chi connectivity index (χ0n) is 18.7. The average molecular weight is 427 g/mol. The summed E-state index contributed by atoms with van der Waals surface area (Å²) in [5.41, 5.74) is 5.42. The molecule has 2 aromatic heterocycles. The van der Waals surface area contributed by atoms with Crippen molar-refractivity contribution in [1.29, 1.82) is 0 Å². The monoisotopic (exact) mass is 426 g/mol. The van der Waals surface area contributed by atoms with Gasteiger partial charge in [-0.2, -0.15) is 0 Å². The molecule has 0 spiro atoms. The van der Waals surface area contributed by atoms with Crippen LogP contribution in [-0.4, -0.2) is 36.2 Å². The van der Waals surface area contributed by atoms with Crippen molar-refractivity contribution in [3.05, 3.63) is 77.2 Å². The average Bonchev–Trinajstić information content (AvgIpc) is 3.44. The van der Waals surface area contributed by atoms with E-state index in [1.54, 1.807) is 0 Å². The summed E-state index contributed by atoms with van der Waals surface area (Å²) in [6, 6.07) is 20.0. The molecule has 1 aliphatic carbocycles. The second-order valence-electron chi connectivity index (χ2n) is 9.32. The molecule has 4 aromatic rings. The molecule has 164 valence electrons. The first-order chi connectivity index (χ1) is 15.8. The van der Waals surface area contributed by atoms with Gasteiger partial charge in [0.1, 0.15) is 6.04 Å². The fraction of sp³-hybridized carbons (Fsp3) is 0.423. The van der Waals surface area contributed by atoms with Crippen LogP contribution in [0.4, 0.5) is 0 Å². The molecule has 3 heterocycles. The Kier molecular flexibility index (Phi) is 5.02. The number of para-hydroxylation sites is 1. The van der Waals surface area contributed by atoms with Gasteiger partial charge in [-0.05, 0) is 46.9 Å². The summed E-state index contributed by atoms with van der Waals surface area (Å²) in [6.45, 7) is 1.89. The van der Waals surface area contributed by atoms with Crippen molar-refractivity contribution in [1.82, 2.24) is 29.7 Å². The van der Waals surface area contributed by atoms with Crippen molar-refractivity contribution in [2.75, 3.05) is 6.54 Å². The van der Waals surface area contributed by atoms with Crippen molar-refractivity contribution in [3.8, 4) is 0 Å². The highest BCUT2D eigenvalue weighted by Crippen LogP contribution is 2.41. The summed E-state index contributed by atoms with van der Waals surface area (Å²) >= 11 is 0. The van der Waals surface area contributed by atoms with Gasteiger partial charge in [0, 0.05) is 36.7 Å². The van der Waals surface area contributed by atoms with Crippen molar-refractivity contribution < 1.29 is 0 Å². The van der Waals surface area contributed by atoms with Crippen LogP contribution in [0.1, 0.15) is 66.8 Å². The van der Waals surface area contributed by atoms with E-state index in [4.69, 9.17) is 0 Å². The Balaban J connectivity index is 1.50. The normalized spacial score (nSPS) is 20.0. The number of hydrogen-bond acceptors (Lipinski definition) is 4. The standard InChI is InChI=1S/C26H30N6/c1-30-23-15-9-8-14-21(23)22-16-17-31(18-19-10-4-2-5-11-19)25(24(22)30)26-27-28-29-32(26)20-12-6-3-7-13-20/h2,4-5,8-11,14-15,20,25H,3,6-7,12-13,16-18H2,1H3. The topological polar surface area (TPSA) is 51.8 Å². The molecule has 2 aromatic carbocycles. The van der Waals surface area contributed by atoms with E-state index in [-0.39, 0.29) is 6.04 Å². The molecule has 1 saturated carbocycles. The van der Waals surface area contributed by atoms with Crippen LogP contribution in [-0.2, 0) is 20.0 Å². The van der Waals surface area contributed by atoms with Crippen molar-refractivity contribution in [2.45, 2.75) is 57.2 Å². The number of aryl methyl sites for hydroxylation is 1. The summed E-state index contributed by atoms with van der Waals surface area (Å²) in [5, 5.41) is 14.8. The van der Waals surface area contributed by atoms with E-state index in [0.717, 1.165) is 25.3 Å². The van der Waals surface area contributed by atoms with Gasteiger partial charge in [0.05, 0.1) is 6.04 Å². The molecule has 1 unspecified atom stereocenters. The predicted octanol–water partition coefficient (Wildman–Crippen LogP) is 4.82. The van der Waals surface area contributed by atoms with E-state index >= 15 is 0 Å². The molecule has 32 heavy (non-hydrogen) atoms. The highest BCUT2D eigenvalue weighted by Gasteiger charge is 2.37. The molecule has 0 bridgehead atoms. The summed E-state index contributed by atoms with van der Waals surface area (Å²) in [7, 11) is 2.20. The number of rotatable bonds is 4. The van der Waals surface area contributed by atoms with Gasteiger partial charge in [-0.25, -0.2) is 4.68 Å². The van der Waals surface area contributed by atoms with E-state index < -0.39 is 0 Å². The summed E-state index contributed by atoms with van der Waals surface area (Å²) in [6.07, 6.45) is 7.25. The molecule has 6 heteroatoms. The van der Waals surface area contributed by atoms with E-state index in [9.17, 15) is 0 Å². The quantitative estimate of drug-likeness (QED) is 0.470. The maximum atomic E-state index is 4.66. The van der Waals surface area contributed by atoms with E-state index in [1.165, 1.54) is 59.8 Å². The Morgan fingerprint density at radius 1 is 0.938 bits per heavy atom. The fourth-order valence-electron chi connectivity index (χ4n) is 5.90. The number of fused-ring (bicyclic) bond motifs is 3. The first kappa shape index (κ1) is 19.7. The van der Waals surface area contributed by atoms with E-state index in [2.05, 4.69) is 91.3 Å². The molecular weight excluding hydrogens is 396 g/mol. The van der Waals surface area contributed by atoms with Gasteiger partial charge in [-0.15, -0.1) is 5.10 Å². The third-order valence-electron chi connectivity index (χ3n) is 7.45. The number of aromatic nitrogens is 5. The molecule has 1 fully saturated rings. The van der Waals surface area contributed by atoms with Crippen LogP contribution in [0.5, 0.6) is 0 Å². The van der Waals surface area contributed by atoms with Gasteiger partial charge >= 0.3 is 0 Å². The Hall–Kier alpha value is -2.99. The van der Waals surface area contributed by atoms with Crippen LogP contribution in [0.2, 0.25) is 0 Å². The molecule has 6 nitrogen and oxygen atoms in total. The number of nitrogens with zero attached hydrogens (tertiary/aromatic N) is 6. The van der Waals surface area contributed by atoms with Gasteiger partial charge in [-0.3, -0.25) is 4.90 Å². The Labute approximate surface area is 188 Å². The zero-order valence-corrected chi connectivity index (χ0v) is 18.7. The molecule has 0 amide bonds. The minimum absolute atomic E-state index is 0.0493. The van der Waals surface area contributed by atoms with Gasteiger partial charge in [0.25, 0.3) is 0 Å². The van der Waals surface area contributed by atoms with E-state index in [1.807, 2.05) is 0 Å². The minimum Gasteiger partial charge on any atom is -0.346 e. The van der Waals surface area contributed by atoms with Gasteiger partial charge in [0.2, 0.25) is 0 Å². The predicted molar refractivity (Wildman–Crippen MR) is 125 cm³/mol. The first-order valence-corrected chi connectivity index (χ1v) is 11.9. The second kappa shape index (κ2) is 8.17. The van der Waals surface area contributed by atoms with Crippen LogP contribution in [0.3, 0.4) is 0 Å². The molecule has 0 N–H and O–H groups in total. The van der Waals surface area contributed by atoms with Crippen molar-refractivity contribution >= 4 is 10.9 Å². The lowest BCUT2D eigenvalue weighted by Crippen LogP contribution is -2.38. The Morgan fingerprint density at radius 2 is 1.72 bits per heavy atom. The minimum atomic E-state index is 0.0493. The molecule has 1 atom stereocenters. The zero-order chi connectivity index (χ0) is 21.5. The molecule has 6 rings (SSSR count). The molecular formula is C26H30N6. The van der Waals surface area contributed by atoms with Gasteiger partial charge in [0.15, 0.2) is 5.82 Å². The number of tetrazole rings is 1. The van der Waals surface area contributed by atoms with E-state index in [0.29, 0.717) is 6.04 Å². The van der Waals surface area contributed by atoms with Gasteiger partial charge < -0.3 is 4.57 Å². The molecule has 0 radical (unpaired) electrons. The van der Waals surface area contributed by atoms with Crippen LogP contribution in [0.15, 0.2) is 54.6 Å². The lowest BCUT2D eigenvalue weighted by molar-refractivity contribution is 0.180. The highest BCUT2D eigenvalue weighted by molar-refractivity contribution is 5.86. The SMILES string of the molecule is Cn1c2c(c3ccccc31)CCN(Cc1ccccc1)C2c1nnnn1C1CCCCC1. The Morgan fingerprint density at radius 3 is 2.56 bits per heavy atom. The molecule has 2 aliphatic rings. The molecule has 1 aliphatic heterocycles. The number of hydrogen-bond donors (Lipinski definition) is 0.